The first-order chi connectivity index (χ1) is 10.0. The van der Waals surface area contributed by atoms with Crippen LogP contribution in [0, 0.1) is 0 Å². The highest BCUT2D eigenvalue weighted by Gasteiger charge is 2.19. The SMILES string of the molecule is CN(C)c1ncnc2ccc(/C=C3\SC(N)=NC3=O)cc12. The Morgan fingerprint density at radius 2 is 2.10 bits per heavy atom. The highest BCUT2D eigenvalue weighted by molar-refractivity contribution is 8.18. The van der Waals surface area contributed by atoms with Crippen LogP contribution in [0.1, 0.15) is 5.56 Å². The summed E-state index contributed by atoms with van der Waals surface area (Å²) in [5, 5.41) is 1.21. The maximum absolute atomic E-state index is 11.6. The molecule has 2 heterocycles. The molecule has 0 spiro atoms. The van der Waals surface area contributed by atoms with Crippen molar-refractivity contribution >= 4 is 45.6 Å². The predicted molar refractivity (Wildman–Crippen MR) is 86.1 cm³/mol. The number of benzene rings is 1. The van der Waals surface area contributed by atoms with Gasteiger partial charge in [0.25, 0.3) is 5.91 Å². The number of aliphatic imine (C=N–C) groups is 1. The van der Waals surface area contributed by atoms with Gasteiger partial charge in [-0.15, -0.1) is 0 Å². The molecule has 106 valence electrons. The molecule has 0 unspecified atom stereocenters. The molecule has 1 amide bonds. The van der Waals surface area contributed by atoms with Crippen LogP contribution in [0.25, 0.3) is 17.0 Å². The van der Waals surface area contributed by atoms with Gasteiger partial charge in [-0.3, -0.25) is 4.79 Å². The van der Waals surface area contributed by atoms with Gasteiger partial charge in [-0.05, 0) is 35.5 Å². The fourth-order valence-corrected chi connectivity index (χ4v) is 2.77. The van der Waals surface area contributed by atoms with Crippen molar-refractivity contribution in [2.45, 2.75) is 0 Å². The molecule has 0 bridgehead atoms. The number of nitrogens with zero attached hydrogens (tertiary/aromatic N) is 4. The van der Waals surface area contributed by atoms with Crippen molar-refractivity contribution in [3.05, 3.63) is 35.0 Å². The largest absolute Gasteiger partial charge is 0.378 e. The minimum absolute atomic E-state index is 0.282. The highest BCUT2D eigenvalue weighted by atomic mass is 32.2. The molecule has 0 saturated heterocycles. The second-order valence-corrected chi connectivity index (χ2v) is 5.80. The molecule has 2 N–H and O–H groups in total. The van der Waals surface area contributed by atoms with Crippen molar-refractivity contribution in [1.29, 1.82) is 0 Å². The molecule has 6 nitrogen and oxygen atoms in total. The Morgan fingerprint density at radius 3 is 2.76 bits per heavy atom. The Kier molecular flexibility index (Phi) is 3.34. The summed E-state index contributed by atoms with van der Waals surface area (Å²) in [6.07, 6.45) is 3.32. The van der Waals surface area contributed by atoms with Crippen LogP contribution >= 0.6 is 11.8 Å². The minimum atomic E-state index is -0.297. The standard InChI is InChI=1S/C14H13N5OS/c1-19(2)12-9-5-8(3-4-10(9)16-7-17-12)6-11-13(20)18-14(15)21-11/h3-7H,1-2H3,(H2,15,18,20)/b11-6-. The van der Waals surface area contributed by atoms with Crippen molar-refractivity contribution in [1.82, 2.24) is 9.97 Å². The van der Waals surface area contributed by atoms with Gasteiger partial charge in [0.15, 0.2) is 5.17 Å². The van der Waals surface area contributed by atoms with Crippen LogP contribution in [0.3, 0.4) is 0 Å². The first-order valence-corrected chi connectivity index (χ1v) is 7.06. The number of thioether (sulfide) groups is 1. The number of nitrogens with two attached hydrogens (primary N) is 1. The van der Waals surface area contributed by atoms with Crippen LogP contribution in [-0.4, -0.2) is 35.1 Å². The minimum Gasteiger partial charge on any atom is -0.378 e. The van der Waals surface area contributed by atoms with Gasteiger partial charge in [-0.2, -0.15) is 4.99 Å². The van der Waals surface area contributed by atoms with Gasteiger partial charge in [0, 0.05) is 19.5 Å². The van der Waals surface area contributed by atoms with Crippen LogP contribution in [0.2, 0.25) is 0 Å². The van der Waals surface area contributed by atoms with Gasteiger partial charge in [0.1, 0.15) is 12.1 Å². The Hall–Kier alpha value is -2.41. The monoisotopic (exact) mass is 299 g/mol. The average Bonchev–Trinajstić information content (AvgIpc) is 2.76. The number of fused-ring (bicyclic) bond motifs is 1. The summed E-state index contributed by atoms with van der Waals surface area (Å²) in [4.78, 5) is 26.3. The lowest BCUT2D eigenvalue weighted by Gasteiger charge is -2.13. The van der Waals surface area contributed by atoms with E-state index in [0.29, 0.717) is 4.91 Å². The van der Waals surface area contributed by atoms with E-state index in [9.17, 15) is 4.79 Å². The highest BCUT2D eigenvalue weighted by Crippen LogP contribution is 2.28. The molecule has 1 aliphatic heterocycles. The Balaban J connectivity index is 2.07. The summed E-state index contributed by atoms with van der Waals surface area (Å²) in [6.45, 7) is 0. The molecule has 21 heavy (non-hydrogen) atoms. The van der Waals surface area contributed by atoms with Crippen molar-refractivity contribution in [2.24, 2.45) is 10.7 Å². The van der Waals surface area contributed by atoms with Gasteiger partial charge < -0.3 is 10.6 Å². The normalized spacial score (nSPS) is 16.6. The molecule has 0 saturated carbocycles. The number of hydrogen-bond acceptors (Lipinski definition) is 6. The summed E-state index contributed by atoms with van der Waals surface area (Å²) in [5.74, 6) is 0.538. The number of amides is 1. The van der Waals surface area contributed by atoms with E-state index in [0.717, 1.165) is 22.3 Å². The Labute approximate surface area is 125 Å². The molecular weight excluding hydrogens is 286 g/mol. The second kappa shape index (κ2) is 5.17. The third kappa shape index (κ3) is 2.59. The summed E-state index contributed by atoms with van der Waals surface area (Å²) < 4.78 is 0. The fourth-order valence-electron chi connectivity index (χ4n) is 2.08. The van der Waals surface area contributed by atoms with Crippen LogP contribution in [0.15, 0.2) is 34.4 Å². The zero-order chi connectivity index (χ0) is 15.0. The van der Waals surface area contributed by atoms with Crippen LogP contribution in [0.5, 0.6) is 0 Å². The molecular formula is C14H13N5OS. The maximum Gasteiger partial charge on any atom is 0.286 e. The van der Waals surface area contributed by atoms with Crippen molar-refractivity contribution in [3.8, 4) is 0 Å². The Bertz CT molecular complexity index is 797. The summed E-state index contributed by atoms with van der Waals surface area (Å²) in [6, 6.07) is 5.77. The summed E-state index contributed by atoms with van der Waals surface area (Å²) >= 11 is 1.18. The molecule has 0 aliphatic carbocycles. The van der Waals surface area contributed by atoms with E-state index >= 15 is 0 Å². The lowest BCUT2D eigenvalue weighted by Crippen LogP contribution is -2.11. The van der Waals surface area contributed by atoms with E-state index in [2.05, 4.69) is 15.0 Å². The molecule has 0 fully saturated rings. The topological polar surface area (TPSA) is 84.5 Å². The molecule has 0 atom stereocenters. The Morgan fingerprint density at radius 1 is 1.29 bits per heavy atom. The third-order valence-corrected chi connectivity index (χ3v) is 3.81. The first-order valence-electron chi connectivity index (χ1n) is 6.25. The van der Waals surface area contributed by atoms with Crippen LogP contribution < -0.4 is 10.6 Å². The first kappa shape index (κ1) is 13.6. The number of aromatic nitrogens is 2. The maximum atomic E-state index is 11.6. The van der Waals surface area contributed by atoms with E-state index < -0.39 is 0 Å². The molecule has 1 aliphatic rings. The summed E-state index contributed by atoms with van der Waals surface area (Å²) in [5.41, 5.74) is 7.30. The lowest BCUT2D eigenvalue weighted by atomic mass is 10.1. The second-order valence-electron chi connectivity index (χ2n) is 4.73. The predicted octanol–water partition coefficient (Wildman–Crippen LogP) is 1.62. The number of rotatable bonds is 2. The zero-order valence-corrected chi connectivity index (χ0v) is 12.4. The lowest BCUT2D eigenvalue weighted by molar-refractivity contribution is -0.113. The smallest absolute Gasteiger partial charge is 0.286 e. The summed E-state index contributed by atoms with van der Waals surface area (Å²) in [7, 11) is 3.86. The number of amidine groups is 1. The molecule has 2 aromatic rings. The fraction of sp³-hybridized carbons (Fsp3) is 0.143. The quantitative estimate of drug-likeness (QED) is 0.848. The van der Waals surface area contributed by atoms with Crippen LogP contribution in [-0.2, 0) is 4.79 Å². The van der Waals surface area contributed by atoms with Gasteiger partial charge in [0.2, 0.25) is 0 Å². The number of carbonyl (C=O) groups is 1. The number of anilines is 1. The van der Waals surface area contributed by atoms with E-state index in [-0.39, 0.29) is 11.1 Å². The van der Waals surface area contributed by atoms with E-state index in [4.69, 9.17) is 5.73 Å². The van der Waals surface area contributed by atoms with Gasteiger partial charge in [-0.25, -0.2) is 9.97 Å². The molecule has 1 aromatic carbocycles. The van der Waals surface area contributed by atoms with E-state index in [1.165, 1.54) is 11.8 Å². The average molecular weight is 299 g/mol. The number of hydrogen-bond donors (Lipinski definition) is 1. The molecule has 0 radical (unpaired) electrons. The van der Waals surface area contributed by atoms with Gasteiger partial charge in [-0.1, -0.05) is 6.07 Å². The molecule has 7 heteroatoms. The zero-order valence-electron chi connectivity index (χ0n) is 11.6. The molecule has 3 rings (SSSR count). The van der Waals surface area contributed by atoms with Gasteiger partial charge >= 0.3 is 0 Å². The molecule has 1 aromatic heterocycles. The van der Waals surface area contributed by atoms with Crippen molar-refractivity contribution in [3.63, 3.8) is 0 Å². The number of carbonyl (C=O) groups excluding carboxylic acids is 1. The van der Waals surface area contributed by atoms with Crippen molar-refractivity contribution < 1.29 is 4.79 Å². The van der Waals surface area contributed by atoms with Crippen LogP contribution in [0.4, 0.5) is 5.82 Å². The van der Waals surface area contributed by atoms with Gasteiger partial charge in [0.05, 0.1) is 10.4 Å². The van der Waals surface area contributed by atoms with Crippen molar-refractivity contribution in [2.75, 3.05) is 19.0 Å². The third-order valence-electron chi connectivity index (χ3n) is 3.00. The van der Waals surface area contributed by atoms with E-state index in [1.54, 1.807) is 12.4 Å². The van der Waals surface area contributed by atoms with E-state index in [1.807, 2.05) is 37.2 Å².